The molecule has 3 rings (SSSR count). The van der Waals surface area contributed by atoms with Gasteiger partial charge in [-0.05, 0) is 50.1 Å². The number of halogens is 1. The number of piperidine rings is 1. The fourth-order valence-electron chi connectivity index (χ4n) is 3.11. The molecule has 0 aliphatic carbocycles. The first kappa shape index (κ1) is 19.9. The Morgan fingerprint density at radius 2 is 1.89 bits per heavy atom. The largest absolute Gasteiger partial charge is 0.350 e. The molecular weight excluding hydrogens is 388 g/mol. The number of carbonyl (C=O) groups excluding carboxylic acids is 1. The molecule has 1 N–H and O–H groups in total. The predicted molar refractivity (Wildman–Crippen MR) is 103 cm³/mol. The molecule has 0 radical (unpaired) electrons. The van der Waals surface area contributed by atoms with Gasteiger partial charge in [0.1, 0.15) is 0 Å². The van der Waals surface area contributed by atoms with Gasteiger partial charge in [-0.2, -0.15) is 9.40 Å². The van der Waals surface area contributed by atoms with Crippen molar-refractivity contribution >= 4 is 27.5 Å². The molecule has 0 bridgehead atoms. The van der Waals surface area contributed by atoms with Crippen molar-refractivity contribution in [3.05, 3.63) is 47.2 Å². The van der Waals surface area contributed by atoms with E-state index in [0.29, 0.717) is 37.5 Å². The Morgan fingerprint density at radius 1 is 1.22 bits per heavy atom. The van der Waals surface area contributed by atoms with Gasteiger partial charge in [0.05, 0.1) is 17.1 Å². The summed E-state index contributed by atoms with van der Waals surface area (Å²) in [5.74, 6) is -0.237. The molecule has 0 spiro atoms. The SMILES string of the molecule is CCn1ccc(CNC(=O)C2CCN(S(=O)(=O)c3ccc(Cl)cc3)CC2)n1. The van der Waals surface area contributed by atoms with E-state index in [1.54, 1.807) is 12.1 Å². The van der Waals surface area contributed by atoms with Gasteiger partial charge in [-0.1, -0.05) is 11.6 Å². The van der Waals surface area contributed by atoms with Gasteiger partial charge in [-0.3, -0.25) is 9.48 Å². The van der Waals surface area contributed by atoms with Gasteiger partial charge in [0, 0.05) is 36.8 Å². The molecule has 2 heterocycles. The van der Waals surface area contributed by atoms with Crippen LogP contribution in [-0.4, -0.2) is 41.5 Å². The molecule has 1 aliphatic rings. The lowest BCUT2D eigenvalue weighted by atomic mass is 9.97. The van der Waals surface area contributed by atoms with Crippen LogP contribution < -0.4 is 5.32 Å². The Bertz CT molecular complexity index is 888. The van der Waals surface area contributed by atoms with Crippen molar-refractivity contribution in [2.75, 3.05) is 13.1 Å². The quantitative estimate of drug-likeness (QED) is 0.791. The van der Waals surface area contributed by atoms with Gasteiger partial charge in [0.25, 0.3) is 0 Å². The molecule has 1 aliphatic heterocycles. The molecule has 146 valence electrons. The number of hydrogen-bond acceptors (Lipinski definition) is 4. The summed E-state index contributed by atoms with van der Waals surface area (Å²) >= 11 is 5.83. The highest BCUT2D eigenvalue weighted by Gasteiger charge is 2.32. The standard InChI is InChI=1S/C18H23ClN4O3S/c1-2-22-10-9-16(21-22)13-20-18(24)14-7-11-23(12-8-14)27(25,26)17-5-3-15(19)4-6-17/h3-6,9-10,14H,2,7-8,11-13H2,1H3,(H,20,24). The zero-order chi connectivity index (χ0) is 19.4. The highest BCUT2D eigenvalue weighted by molar-refractivity contribution is 7.89. The highest BCUT2D eigenvalue weighted by Crippen LogP contribution is 2.24. The molecule has 0 saturated carbocycles. The Labute approximate surface area is 164 Å². The molecule has 0 atom stereocenters. The van der Waals surface area contributed by atoms with Crippen LogP contribution in [0.5, 0.6) is 0 Å². The smallest absolute Gasteiger partial charge is 0.243 e. The van der Waals surface area contributed by atoms with Crippen molar-refractivity contribution in [2.45, 2.75) is 37.8 Å². The number of sulfonamides is 1. The van der Waals surface area contributed by atoms with E-state index in [1.165, 1.54) is 16.4 Å². The van der Waals surface area contributed by atoms with Crippen molar-refractivity contribution in [2.24, 2.45) is 5.92 Å². The monoisotopic (exact) mass is 410 g/mol. The zero-order valence-electron chi connectivity index (χ0n) is 15.1. The van der Waals surface area contributed by atoms with Crippen molar-refractivity contribution in [3.63, 3.8) is 0 Å². The zero-order valence-corrected chi connectivity index (χ0v) is 16.7. The Morgan fingerprint density at radius 3 is 2.48 bits per heavy atom. The summed E-state index contributed by atoms with van der Waals surface area (Å²) in [6.45, 7) is 3.83. The Hall–Kier alpha value is -1.90. The van der Waals surface area contributed by atoms with E-state index in [9.17, 15) is 13.2 Å². The minimum atomic E-state index is -3.55. The molecule has 7 nitrogen and oxygen atoms in total. The molecule has 27 heavy (non-hydrogen) atoms. The third-order valence-electron chi connectivity index (χ3n) is 4.74. The third kappa shape index (κ3) is 4.69. The van der Waals surface area contributed by atoms with E-state index in [2.05, 4.69) is 10.4 Å². The highest BCUT2D eigenvalue weighted by atomic mass is 35.5. The molecule has 1 saturated heterocycles. The third-order valence-corrected chi connectivity index (χ3v) is 6.90. The topological polar surface area (TPSA) is 84.3 Å². The van der Waals surface area contributed by atoms with Crippen molar-refractivity contribution in [1.82, 2.24) is 19.4 Å². The molecule has 2 aromatic rings. The second-order valence-corrected chi connectivity index (χ2v) is 8.89. The number of nitrogens with zero attached hydrogens (tertiary/aromatic N) is 3. The number of aryl methyl sites for hydroxylation is 1. The Kier molecular flexibility index (Phi) is 6.18. The first-order valence-corrected chi connectivity index (χ1v) is 10.8. The lowest BCUT2D eigenvalue weighted by molar-refractivity contribution is -0.126. The first-order chi connectivity index (χ1) is 12.9. The van der Waals surface area contributed by atoms with Gasteiger partial charge in [-0.15, -0.1) is 0 Å². The fourth-order valence-corrected chi connectivity index (χ4v) is 4.71. The maximum absolute atomic E-state index is 12.7. The number of aromatic nitrogens is 2. The van der Waals surface area contributed by atoms with Crippen molar-refractivity contribution in [3.8, 4) is 0 Å². The first-order valence-electron chi connectivity index (χ1n) is 8.96. The van der Waals surface area contributed by atoms with Crippen molar-refractivity contribution < 1.29 is 13.2 Å². The lowest BCUT2D eigenvalue weighted by Crippen LogP contribution is -2.42. The number of carbonyl (C=O) groups is 1. The number of hydrogen-bond donors (Lipinski definition) is 1. The number of benzene rings is 1. The summed E-state index contributed by atoms with van der Waals surface area (Å²) in [5.41, 5.74) is 0.813. The van der Waals surface area contributed by atoms with E-state index in [1.807, 2.05) is 23.9 Å². The van der Waals surface area contributed by atoms with Gasteiger partial charge in [0.15, 0.2) is 0 Å². The Balaban J connectivity index is 1.53. The number of nitrogens with one attached hydrogen (secondary N) is 1. The number of rotatable bonds is 6. The summed E-state index contributed by atoms with van der Waals surface area (Å²) < 4.78 is 28.6. The molecule has 1 aromatic carbocycles. The summed E-state index contributed by atoms with van der Waals surface area (Å²) in [4.78, 5) is 12.6. The fraction of sp³-hybridized carbons (Fsp3) is 0.444. The molecular formula is C18H23ClN4O3S. The van der Waals surface area contributed by atoms with Gasteiger partial charge in [0.2, 0.25) is 15.9 Å². The normalized spacial score (nSPS) is 16.4. The maximum Gasteiger partial charge on any atom is 0.243 e. The van der Waals surface area contributed by atoms with Gasteiger partial charge in [-0.25, -0.2) is 8.42 Å². The average molecular weight is 411 g/mol. The van der Waals surface area contributed by atoms with E-state index in [-0.39, 0.29) is 16.7 Å². The van der Waals surface area contributed by atoms with Crippen LogP contribution in [0.3, 0.4) is 0 Å². The van der Waals surface area contributed by atoms with Crippen molar-refractivity contribution in [1.29, 1.82) is 0 Å². The van der Waals surface area contributed by atoms with Crippen LogP contribution >= 0.6 is 11.6 Å². The second-order valence-electron chi connectivity index (χ2n) is 6.51. The van der Waals surface area contributed by atoms with Crippen LogP contribution in [0.2, 0.25) is 5.02 Å². The van der Waals surface area contributed by atoms with Crippen LogP contribution in [0.1, 0.15) is 25.5 Å². The summed E-state index contributed by atoms with van der Waals surface area (Å²) in [5, 5.41) is 7.73. The lowest BCUT2D eigenvalue weighted by Gasteiger charge is -2.30. The van der Waals surface area contributed by atoms with Gasteiger partial charge >= 0.3 is 0 Å². The average Bonchev–Trinajstić information content (AvgIpc) is 3.15. The minimum absolute atomic E-state index is 0.0513. The molecule has 1 fully saturated rings. The van der Waals surface area contributed by atoms with Crippen LogP contribution in [0.15, 0.2) is 41.4 Å². The molecule has 9 heteroatoms. The molecule has 1 aromatic heterocycles. The van der Waals surface area contributed by atoms with E-state index in [4.69, 9.17) is 11.6 Å². The van der Waals surface area contributed by atoms with Crippen LogP contribution in [-0.2, 0) is 27.9 Å². The molecule has 0 unspecified atom stereocenters. The van der Waals surface area contributed by atoms with Crippen LogP contribution in [0.4, 0.5) is 0 Å². The molecule has 1 amide bonds. The van der Waals surface area contributed by atoms with Crippen LogP contribution in [0, 0.1) is 5.92 Å². The number of amides is 1. The van der Waals surface area contributed by atoms with E-state index >= 15 is 0 Å². The minimum Gasteiger partial charge on any atom is -0.350 e. The summed E-state index contributed by atoms with van der Waals surface area (Å²) in [7, 11) is -3.55. The summed E-state index contributed by atoms with van der Waals surface area (Å²) in [6.07, 6.45) is 2.88. The van der Waals surface area contributed by atoms with E-state index in [0.717, 1.165) is 12.2 Å². The van der Waals surface area contributed by atoms with E-state index < -0.39 is 10.0 Å². The van der Waals surface area contributed by atoms with Gasteiger partial charge < -0.3 is 5.32 Å². The summed E-state index contributed by atoms with van der Waals surface area (Å²) in [6, 6.07) is 8.02. The predicted octanol–water partition coefficient (Wildman–Crippen LogP) is 2.27. The second kappa shape index (κ2) is 8.41. The maximum atomic E-state index is 12.7. The van der Waals surface area contributed by atoms with Crippen LogP contribution in [0.25, 0.3) is 0 Å².